The average molecular weight is 279 g/mol. The normalized spacial score (nSPS) is 19.6. The lowest BCUT2D eigenvalue weighted by molar-refractivity contribution is -0.139. The van der Waals surface area contributed by atoms with Gasteiger partial charge in [-0.1, -0.05) is 19.8 Å². The van der Waals surface area contributed by atoms with E-state index in [1.54, 1.807) is 0 Å². The number of carbonyl (C=O) groups is 1. The van der Waals surface area contributed by atoms with Gasteiger partial charge >= 0.3 is 5.97 Å². The number of aliphatic carboxylic acids is 1. The van der Waals surface area contributed by atoms with Crippen molar-refractivity contribution in [1.29, 1.82) is 0 Å². The molecule has 1 aliphatic rings. The number of unbranched alkanes of at least 4 members (excludes halogenated alkanes) is 1. The van der Waals surface area contributed by atoms with Crippen molar-refractivity contribution in [3.63, 3.8) is 0 Å². The molecule has 1 aliphatic heterocycles. The SMILES string of the molecule is CCCCC(NS(=O)(=O)C1CCOCC1)C(=O)O. The summed E-state index contributed by atoms with van der Waals surface area (Å²) in [6.07, 6.45) is 2.70. The van der Waals surface area contributed by atoms with Gasteiger partial charge in [-0.25, -0.2) is 13.1 Å². The summed E-state index contributed by atoms with van der Waals surface area (Å²) in [6, 6.07) is -1.02. The first kappa shape index (κ1) is 15.4. The molecular weight excluding hydrogens is 258 g/mol. The van der Waals surface area contributed by atoms with Gasteiger partial charge in [-0.2, -0.15) is 0 Å². The van der Waals surface area contributed by atoms with Crippen LogP contribution in [0.5, 0.6) is 0 Å². The van der Waals surface area contributed by atoms with Gasteiger partial charge in [0, 0.05) is 13.2 Å². The largest absolute Gasteiger partial charge is 0.480 e. The van der Waals surface area contributed by atoms with Crippen molar-refractivity contribution < 1.29 is 23.1 Å². The van der Waals surface area contributed by atoms with Gasteiger partial charge in [-0.05, 0) is 19.3 Å². The standard InChI is InChI=1S/C11H21NO5S/c1-2-3-4-10(11(13)14)12-18(15,16)9-5-7-17-8-6-9/h9-10,12H,2-8H2,1H3,(H,13,14). The number of hydrogen-bond acceptors (Lipinski definition) is 4. The Balaban J connectivity index is 2.62. The maximum absolute atomic E-state index is 12.0. The van der Waals surface area contributed by atoms with E-state index in [-0.39, 0.29) is 0 Å². The van der Waals surface area contributed by atoms with Gasteiger partial charge in [-0.3, -0.25) is 4.79 Å². The predicted molar refractivity (Wildman–Crippen MR) is 66.8 cm³/mol. The van der Waals surface area contributed by atoms with Gasteiger partial charge in [0.05, 0.1) is 5.25 Å². The number of sulfonamides is 1. The van der Waals surface area contributed by atoms with Crippen LogP contribution >= 0.6 is 0 Å². The smallest absolute Gasteiger partial charge is 0.321 e. The predicted octanol–water partition coefficient (Wildman–Crippen LogP) is 0.728. The van der Waals surface area contributed by atoms with Crippen LogP contribution in [-0.4, -0.2) is 44.0 Å². The molecule has 1 saturated heterocycles. The highest BCUT2D eigenvalue weighted by Gasteiger charge is 2.31. The molecule has 0 amide bonds. The van der Waals surface area contributed by atoms with Crippen LogP contribution < -0.4 is 4.72 Å². The topological polar surface area (TPSA) is 92.7 Å². The fraction of sp³-hybridized carbons (Fsp3) is 0.909. The molecule has 1 fully saturated rings. The molecule has 0 aliphatic carbocycles. The van der Waals surface area contributed by atoms with Crippen molar-refractivity contribution >= 4 is 16.0 Å². The van der Waals surface area contributed by atoms with Crippen molar-refractivity contribution in [2.45, 2.75) is 50.3 Å². The van der Waals surface area contributed by atoms with Gasteiger partial charge < -0.3 is 9.84 Å². The van der Waals surface area contributed by atoms with E-state index in [9.17, 15) is 13.2 Å². The molecule has 1 atom stereocenters. The molecule has 6 nitrogen and oxygen atoms in total. The fourth-order valence-corrected chi connectivity index (χ4v) is 3.54. The first-order chi connectivity index (χ1) is 8.47. The Labute approximate surface area is 108 Å². The molecule has 1 rings (SSSR count). The first-order valence-corrected chi connectivity index (χ1v) is 7.83. The Bertz CT molecular complexity index is 362. The summed E-state index contributed by atoms with van der Waals surface area (Å²) < 4.78 is 31.5. The summed E-state index contributed by atoms with van der Waals surface area (Å²) in [7, 11) is -3.57. The van der Waals surface area contributed by atoms with Crippen molar-refractivity contribution in [3.8, 4) is 0 Å². The number of nitrogens with one attached hydrogen (secondary N) is 1. The van der Waals surface area contributed by atoms with Crippen molar-refractivity contribution in [2.75, 3.05) is 13.2 Å². The molecule has 0 aromatic heterocycles. The molecule has 0 bridgehead atoms. The van der Waals surface area contributed by atoms with E-state index in [1.165, 1.54) is 0 Å². The second-order valence-corrected chi connectivity index (χ2v) is 6.50. The van der Waals surface area contributed by atoms with Crippen LogP contribution in [-0.2, 0) is 19.6 Å². The van der Waals surface area contributed by atoms with Crippen LogP contribution in [0.1, 0.15) is 39.0 Å². The fourth-order valence-electron chi connectivity index (χ4n) is 1.92. The van der Waals surface area contributed by atoms with E-state index < -0.39 is 27.3 Å². The summed E-state index contributed by atoms with van der Waals surface area (Å²) in [5.41, 5.74) is 0. The quantitative estimate of drug-likeness (QED) is 0.716. The van der Waals surface area contributed by atoms with E-state index in [2.05, 4.69) is 4.72 Å². The summed E-state index contributed by atoms with van der Waals surface area (Å²) in [6.45, 7) is 2.77. The number of carboxylic acids is 1. The minimum atomic E-state index is -3.57. The lowest BCUT2D eigenvalue weighted by Gasteiger charge is -2.24. The average Bonchev–Trinajstić information content (AvgIpc) is 2.35. The molecule has 2 N–H and O–H groups in total. The third-order valence-electron chi connectivity index (χ3n) is 3.06. The van der Waals surface area contributed by atoms with Gasteiger partial charge in [0.1, 0.15) is 6.04 Å². The van der Waals surface area contributed by atoms with Gasteiger partial charge in [0.2, 0.25) is 10.0 Å². The number of hydrogen-bond donors (Lipinski definition) is 2. The summed E-state index contributed by atoms with van der Waals surface area (Å²) >= 11 is 0. The second kappa shape index (κ2) is 7.06. The lowest BCUT2D eigenvalue weighted by atomic mass is 10.1. The van der Waals surface area contributed by atoms with Crippen LogP contribution in [0, 0.1) is 0 Å². The van der Waals surface area contributed by atoms with E-state index in [0.717, 1.165) is 6.42 Å². The maximum Gasteiger partial charge on any atom is 0.321 e. The molecule has 1 unspecified atom stereocenters. The summed E-state index contributed by atoms with van der Waals surface area (Å²) in [5.74, 6) is -1.11. The lowest BCUT2D eigenvalue weighted by Crippen LogP contribution is -2.46. The van der Waals surface area contributed by atoms with Gasteiger partial charge in [-0.15, -0.1) is 0 Å². The zero-order chi connectivity index (χ0) is 13.6. The Kier molecular flexibility index (Phi) is 6.04. The van der Waals surface area contributed by atoms with E-state index in [1.807, 2.05) is 6.92 Å². The van der Waals surface area contributed by atoms with Crippen LogP contribution in [0.2, 0.25) is 0 Å². The molecule has 0 radical (unpaired) electrons. The first-order valence-electron chi connectivity index (χ1n) is 6.29. The Morgan fingerprint density at radius 1 is 1.44 bits per heavy atom. The summed E-state index contributed by atoms with van der Waals surface area (Å²) in [4.78, 5) is 11.0. The molecule has 1 heterocycles. The van der Waals surface area contributed by atoms with Crippen LogP contribution in [0.25, 0.3) is 0 Å². The highest BCUT2D eigenvalue weighted by molar-refractivity contribution is 7.90. The van der Waals surface area contributed by atoms with Crippen molar-refractivity contribution in [2.24, 2.45) is 0 Å². The third-order valence-corrected chi connectivity index (χ3v) is 5.02. The van der Waals surface area contributed by atoms with E-state index >= 15 is 0 Å². The molecule has 106 valence electrons. The summed E-state index contributed by atoms with van der Waals surface area (Å²) in [5, 5.41) is 8.48. The number of ether oxygens (including phenoxy) is 1. The minimum Gasteiger partial charge on any atom is -0.480 e. The monoisotopic (exact) mass is 279 g/mol. The molecule has 0 saturated carbocycles. The molecule has 18 heavy (non-hydrogen) atoms. The van der Waals surface area contributed by atoms with Crippen LogP contribution in [0.15, 0.2) is 0 Å². The van der Waals surface area contributed by atoms with Crippen LogP contribution in [0.4, 0.5) is 0 Å². The molecule has 0 aromatic rings. The Morgan fingerprint density at radius 3 is 2.56 bits per heavy atom. The highest BCUT2D eigenvalue weighted by Crippen LogP contribution is 2.16. The van der Waals surface area contributed by atoms with Gasteiger partial charge in [0.25, 0.3) is 0 Å². The highest BCUT2D eigenvalue weighted by atomic mass is 32.2. The maximum atomic E-state index is 12.0. The minimum absolute atomic E-state index is 0.328. The van der Waals surface area contributed by atoms with E-state index in [0.29, 0.717) is 38.9 Å². The van der Waals surface area contributed by atoms with Crippen molar-refractivity contribution in [3.05, 3.63) is 0 Å². The number of rotatable bonds is 7. The van der Waals surface area contributed by atoms with Crippen LogP contribution in [0.3, 0.4) is 0 Å². The number of carboxylic acid groups (broad SMARTS) is 1. The Hall–Kier alpha value is -0.660. The second-order valence-electron chi connectivity index (χ2n) is 4.51. The molecule has 7 heteroatoms. The van der Waals surface area contributed by atoms with Gasteiger partial charge in [0.15, 0.2) is 0 Å². The third kappa shape index (κ3) is 4.55. The Morgan fingerprint density at radius 2 is 2.06 bits per heavy atom. The van der Waals surface area contributed by atoms with Crippen molar-refractivity contribution in [1.82, 2.24) is 4.72 Å². The molecular formula is C11H21NO5S. The molecule has 0 aromatic carbocycles. The zero-order valence-corrected chi connectivity index (χ0v) is 11.4. The van der Waals surface area contributed by atoms with E-state index in [4.69, 9.17) is 9.84 Å². The molecule has 0 spiro atoms. The zero-order valence-electron chi connectivity index (χ0n) is 10.6.